The Labute approximate surface area is 134 Å². The van der Waals surface area contributed by atoms with Gasteiger partial charge in [0.2, 0.25) is 5.91 Å². The maximum atomic E-state index is 12.9. The van der Waals surface area contributed by atoms with Crippen LogP contribution >= 0.6 is 11.6 Å². The quantitative estimate of drug-likeness (QED) is 0.909. The van der Waals surface area contributed by atoms with Crippen LogP contribution in [0.25, 0.3) is 0 Å². The molecule has 5 heteroatoms. The molecule has 0 aliphatic heterocycles. The van der Waals surface area contributed by atoms with Gasteiger partial charge >= 0.3 is 0 Å². The second kappa shape index (κ2) is 4.85. The Kier molecular flexibility index (Phi) is 3.16. The number of hydrogen-bond acceptors (Lipinski definition) is 2. The molecule has 1 heterocycles. The van der Waals surface area contributed by atoms with E-state index in [-0.39, 0.29) is 21.9 Å². The van der Waals surface area contributed by atoms with Gasteiger partial charge in [-0.3, -0.25) is 9.59 Å². The number of aromatic nitrogens is 1. The van der Waals surface area contributed by atoms with E-state index in [1.807, 2.05) is 0 Å². The molecule has 4 aliphatic rings. The van der Waals surface area contributed by atoms with Gasteiger partial charge in [0.15, 0.2) is 0 Å². The normalized spacial score (nSPS) is 35.6. The molecule has 4 nitrogen and oxygen atoms in total. The fourth-order valence-corrected chi connectivity index (χ4v) is 5.64. The molecular formula is C17H21ClN2O2. The molecule has 1 N–H and O–H groups in total. The Morgan fingerprint density at radius 2 is 1.77 bits per heavy atom. The van der Waals surface area contributed by atoms with E-state index in [2.05, 4.69) is 5.32 Å². The number of halogens is 1. The SMILES string of the molecule is Cn1cc(NC(=O)C23CC4CC(CC(C4)C2)C3)cc(Cl)c1=O. The summed E-state index contributed by atoms with van der Waals surface area (Å²) in [6, 6.07) is 1.56. The molecule has 4 aliphatic carbocycles. The molecule has 0 aromatic carbocycles. The number of hydrogen-bond donors (Lipinski definition) is 1. The van der Waals surface area contributed by atoms with Gasteiger partial charge in [-0.05, 0) is 62.3 Å². The number of rotatable bonds is 2. The van der Waals surface area contributed by atoms with E-state index in [1.165, 1.54) is 23.8 Å². The van der Waals surface area contributed by atoms with Crippen molar-refractivity contribution in [3.05, 3.63) is 27.6 Å². The lowest BCUT2D eigenvalue weighted by Gasteiger charge is -2.55. The van der Waals surface area contributed by atoms with Crippen molar-refractivity contribution in [2.24, 2.45) is 30.2 Å². The van der Waals surface area contributed by atoms with Crippen LogP contribution < -0.4 is 10.9 Å². The van der Waals surface area contributed by atoms with Gasteiger partial charge < -0.3 is 9.88 Å². The van der Waals surface area contributed by atoms with E-state index in [0.29, 0.717) is 5.69 Å². The van der Waals surface area contributed by atoms with Crippen LogP contribution in [0.2, 0.25) is 5.02 Å². The van der Waals surface area contributed by atoms with Gasteiger partial charge in [0, 0.05) is 13.2 Å². The minimum Gasteiger partial charge on any atom is -0.324 e. The lowest BCUT2D eigenvalue weighted by atomic mass is 9.49. The Hall–Kier alpha value is -1.29. The number of nitrogens with zero attached hydrogens (tertiary/aromatic N) is 1. The molecule has 0 unspecified atom stereocenters. The highest BCUT2D eigenvalue weighted by Crippen LogP contribution is 2.60. The van der Waals surface area contributed by atoms with Crippen LogP contribution in [0.1, 0.15) is 38.5 Å². The molecule has 0 radical (unpaired) electrons. The maximum absolute atomic E-state index is 12.9. The van der Waals surface area contributed by atoms with Crippen LogP contribution in [0.3, 0.4) is 0 Å². The van der Waals surface area contributed by atoms with E-state index in [9.17, 15) is 9.59 Å². The van der Waals surface area contributed by atoms with Crippen LogP contribution in [0.4, 0.5) is 5.69 Å². The second-order valence-electron chi connectivity index (χ2n) is 7.64. The number of aryl methyl sites for hydroxylation is 1. The van der Waals surface area contributed by atoms with Gasteiger partial charge in [0.05, 0.1) is 11.1 Å². The smallest absolute Gasteiger partial charge is 0.269 e. The summed E-state index contributed by atoms with van der Waals surface area (Å²) < 4.78 is 1.41. The summed E-state index contributed by atoms with van der Waals surface area (Å²) in [5, 5.41) is 3.17. The first-order valence-electron chi connectivity index (χ1n) is 8.13. The van der Waals surface area contributed by atoms with Gasteiger partial charge in [-0.25, -0.2) is 0 Å². The summed E-state index contributed by atoms with van der Waals surface area (Å²) in [6.07, 6.45) is 8.69. The van der Waals surface area contributed by atoms with Crippen LogP contribution in [-0.2, 0) is 11.8 Å². The third-order valence-corrected chi connectivity index (χ3v) is 6.19. The van der Waals surface area contributed by atoms with Crippen molar-refractivity contribution in [2.45, 2.75) is 38.5 Å². The number of amides is 1. The number of pyridine rings is 1. The van der Waals surface area contributed by atoms with Crippen molar-refractivity contribution in [2.75, 3.05) is 5.32 Å². The van der Waals surface area contributed by atoms with E-state index in [1.54, 1.807) is 19.3 Å². The predicted octanol–water partition coefficient (Wildman–Crippen LogP) is 3.19. The number of anilines is 1. The summed E-state index contributed by atoms with van der Waals surface area (Å²) in [7, 11) is 1.65. The molecule has 4 saturated carbocycles. The largest absolute Gasteiger partial charge is 0.324 e. The molecule has 4 bridgehead atoms. The van der Waals surface area contributed by atoms with Crippen molar-refractivity contribution in [1.29, 1.82) is 0 Å². The van der Waals surface area contributed by atoms with Gasteiger partial charge in [-0.1, -0.05) is 11.6 Å². The van der Waals surface area contributed by atoms with Gasteiger partial charge in [0.25, 0.3) is 5.56 Å². The third kappa shape index (κ3) is 2.19. The second-order valence-corrected chi connectivity index (χ2v) is 8.05. The Bertz CT molecular complexity index is 633. The zero-order valence-corrected chi connectivity index (χ0v) is 13.5. The average Bonchev–Trinajstić information content (AvgIpc) is 2.43. The molecule has 4 fully saturated rings. The molecule has 0 atom stereocenters. The highest BCUT2D eigenvalue weighted by atomic mass is 35.5. The van der Waals surface area contributed by atoms with Crippen molar-refractivity contribution < 1.29 is 4.79 Å². The van der Waals surface area contributed by atoms with Crippen LogP contribution in [0.5, 0.6) is 0 Å². The lowest BCUT2D eigenvalue weighted by Crippen LogP contribution is -2.51. The molecule has 22 heavy (non-hydrogen) atoms. The van der Waals surface area contributed by atoms with Gasteiger partial charge in [-0.2, -0.15) is 0 Å². The van der Waals surface area contributed by atoms with Crippen LogP contribution in [0, 0.1) is 23.2 Å². The first-order valence-corrected chi connectivity index (χ1v) is 8.51. The highest BCUT2D eigenvalue weighted by Gasteiger charge is 2.54. The number of nitrogens with one attached hydrogen (secondary N) is 1. The first-order chi connectivity index (χ1) is 10.4. The van der Waals surface area contributed by atoms with E-state index in [0.717, 1.165) is 37.0 Å². The summed E-state index contributed by atoms with van der Waals surface area (Å²) in [5.41, 5.74) is 0.193. The van der Waals surface area contributed by atoms with Crippen molar-refractivity contribution in [3.63, 3.8) is 0 Å². The Morgan fingerprint density at radius 1 is 1.23 bits per heavy atom. The van der Waals surface area contributed by atoms with Crippen molar-refractivity contribution >= 4 is 23.2 Å². The molecule has 0 spiro atoms. The average molecular weight is 321 g/mol. The molecule has 118 valence electrons. The fraction of sp³-hybridized carbons (Fsp3) is 0.647. The highest BCUT2D eigenvalue weighted by molar-refractivity contribution is 6.30. The van der Waals surface area contributed by atoms with Crippen LogP contribution in [0.15, 0.2) is 17.1 Å². The van der Waals surface area contributed by atoms with E-state index >= 15 is 0 Å². The Balaban J connectivity index is 1.59. The Morgan fingerprint density at radius 3 is 2.27 bits per heavy atom. The molecule has 5 rings (SSSR count). The van der Waals surface area contributed by atoms with Crippen molar-refractivity contribution in [1.82, 2.24) is 4.57 Å². The summed E-state index contributed by atoms with van der Waals surface area (Å²) >= 11 is 5.94. The van der Waals surface area contributed by atoms with Crippen LogP contribution in [-0.4, -0.2) is 10.5 Å². The van der Waals surface area contributed by atoms with E-state index in [4.69, 9.17) is 11.6 Å². The van der Waals surface area contributed by atoms with Gasteiger partial charge in [0.1, 0.15) is 5.02 Å². The van der Waals surface area contributed by atoms with E-state index < -0.39 is 0 Å². The molecular weight excluding hydrogens is 300 g/mol. The topological polar surface area (TPSA) is 51.1 Å². The molecule has 1 amide bonds. The lowest BCUT2D eigenvalue weighted by molar-refractivity contribution is -0.140. The van der Waals surface area contributed by atoms with Crippen molar-refractivity contribution in [3.8, 4) is 0 Å². The predicted molar refractivity (Wildman–Crippen MR) is 85.9 cm³/mol. The summed E-state index contributed by atoms with van der Waals surface area (Å²) in [4.78, 5) is 24.6. The minimum absolute atomic E-state index is 0.126. The minimum atomic E-state index is -0.241. The number of carbonyl (C=O) groups is 1. The molecule has 1 aromatic rings. The molecule has 1 aromatic heterocycles. The fourth-order valence-electron chi connectivity index (χ4n) is 5.39. The standard InChI is InChI=1S/C17H21ClN2O2/c1-20-9-13(5-14(18)15(20)21)19-16(22)17-6-10-2-11(7-17)4-12(3-10)8-17/h5,9-12H,2-4,6-8H2,1H3,(H,19,22). The zero-order chi connectivity index (χ0) is 15.5. The third-order valence-electron chi connectivity index (χ3n) is 5.92. The molecule has 0 saturated heterocycles. The monoisotopic (exact) mass is 320 g/mol. The summed E-state index contributed by atoms with van der Waals surface area (Å²) in [6.45, 7) is 0. The zero-order valence-electron chi connectivity index (χ0n) is 12.8. The first kappa shape index (κ1) is 14.3. The summed E-state index contributed by atoms with van der Waals surface area (Å²) in [5.74, 6) is 2.34. The number of carbonyl (C=O) groups excluding carboxylic acids is 1. The van der Waals surface area contributed by atoms with Gasteiger partial charge in [-0.15, -0.1) is 0 Å². The maximum Gasteiger partial charge on any atom is 0.269 e.